The van der Waals surface area contributed by atoms with Gasteiger partial charge in [0.1, 0.15) is 10.7 Å². The summed E-state index contributed by atoms with van der Waals surface area (Å²) in [5.74, 6) is -2.69. The van der Waals surface area contributed by atoms with E-state index < -0.39 is 57.4 Å². The third-order valence-electron chi connectivity index (χ3n) is 2.49. The van der Waals surface area contributed by atoms with Gasteiger partial charge >= 0.3 is 6.18 Å². The lowest BCUT2D eigenvalue weighted by Gasteiger charge is -2.16. The van der Waals surface area contributed by atoms with Gasteiger partial charge in [-0.2, -0.15) is 13.2 Å². The molecule has 2 N–H and O–H groups in total. The number of hydrogen-bond donors (Lipinski definition) is 2. The molecule has 4 nitrogen and oxygen atoms in total. The fourth-order valence-electron chi connectivity index (χ4n) is 1.65. The topological polar surface area (TPSA) is 66.4 Å². The highest BCUT2D eigenvalue weighted by atomic mass is 32.2. The molecule has 21 heavy (non-hydrogen) atoms. The van der Waals surface area contributed by atoms with Crippen molar-refractivity contribution in [2.24, 2.45) is 0 Å². The first-order valence-corrected chi connectivity index (χ1v) is 7.13. The average Bonchev–Trinajstić information content (AvgIpc) is 2.25. The van der Waals surface area contributed by atoms with Gasteiger partial charge in [0.05, 0.1) is 18.6 Å². The van der Waals surface area contributed by atoms with E-state index in [0.29, 0.717) is 12.1 Å². The molecule has 0 bridgehead atoms. The Labute approximate surface area is 117 Å². The Hall–Kier alpha value is -1.26. The number of benzene rings is 1. The molecule has 0 spiro atoms. The van der Waals surface area contributed by atoms with Gasteiger partial charge in [-0.05, 0) is 19.1 Å². The molecular formula is C11H12F5NO3S. The second-order valence-electron chi connectivity index (χ2n) is 4.34. The standard InChI is InChI=1S/C11H12F5NO3S/c1-6(4-11(14,15)16)17-21(19,20)9-3-2-8(12)7(5-18)10(9)13/h2-3,6,17-18H,4-5H2,1H3. The maximum Gasteiger partial charge on any atom is 0.390 e. The molecule has 1 aromatic carbocycles. The number of hydrogen-bond acceptors (Lipinski definition) is 3. The van der Waals surface area contributed by atoms with Gasteiger partial charge in [0, 0.05) is 6.04 Å². The van der Waals surface area contributed by atoms with E-state index in [1.807, 2.05) is 0 Å². The van der Waals surface area contributed by atoms with E-state index in [1.54, 1.807) is 4.72 Å². The van der Waals surface area contributed by atoms with Gasteiger partial charge < -0.3 is 5.11 Å². The summed E-state index contributed by atoms with van der Waals surface area (Å²) < 4.78 is 88.6. The predicted octanol–water partition coefficient (Wildman–Crippen LogP) is 2.08. The summed E-state index contributed by atoms with van der Waals surface area (Å²) in [6.45, 7) is -0.126. The van der Waals surface area contributed by atoms with E-state index in [9.17, 15) is 30.4 Å². The van der Waals surface area contributed by atoms with Crippen molar-refractivity contribution in [3.8, 4) is 0 Å². The monoisotopic (exact) mass is 333 g/mol. The van der Waals surface area contributed by atoms with Crippen LogP contribution in [0, 0.1) is 11.6 Å². The molecule has 0 aliphatic rings. The second kappa shape index (κ2) is 6.24. The lowest BCUT2D eigenvalue weighted by molar-refractivity contribution is -0.137. The van der Waals surface area contributed by atoms with Crippen molar-refractivity contribution in [2.45, 2.75) is 37.1 Å². The maximum absolute atomic E-state index is 13.8. The molecule has 0 amide bonds. The number of sulfonamides is 1. The van der Waals surface area contributed by atoms with E-state index in [4.69, 9.17) is 5.11 Å². The van der Waals surface area contributed by atoms with Crippen LogP contribution in [0.2, 0.25) is 0 Å². The van der Waals surface area contributed by atoms with Gasteiger partial charge in [0.15, 0.2) is 5.82 Å². The summed E-state index contributed by atoms with van der Waals surface area (Å²) in [6, 6.07) is -0.346. The molecule has 0 aromatic heterocycles. The summed E-state index contributed by atoms with van der Waals surface area (Å²) in [5.41, 5.74) is -0.874. The summed E-state index contributed by atoms with van der Waals surface area (Å²) in [7, 11) is -4.61. The molecule has 0 saturated heterocycles. The van der Waals surface area contributed by atoms with Crippen LogP contribution in [0.25, 0.3) is 0 Å². The van der Waals surface area contributed by atoms with Crippen LogP contribution in [-0.2, 0) is 16.6 Å². The Balaban J connectivity index is 3.09. The van der Waals surface area contributed by atoms with Crippen molar-refractivity contribution in [2.75, 3.05) is 0 Å². The van der Waals surface area contributed by atoms with Gasteiger partial charge in [0.25, 0.3) is 0 Å². The van der Waals surface area contributed by atoms with Gasteiger partial charge in [0.2, 0.25) is 10.0 Å². The Kier molecular flexibility index (Phi) is 5.29. The van der Waals surface area contributed by atoms with Crippen LogP contribution in [0.5, 0.6) is 0 Å². The third kappa shape index (κ3) is 4.61. The minimum atomic E-state index is -4.61. The third-order valence-corrected chi connectivity index (χ3v) is 4.10. The number of nitrogens with one attached hydrogen (secondary N) is 1. The average molecular weight is 333 g/mol. The molecule has 1 atom stereocenters. The van der Waals surface area contributed by atoms with Crippen LogP contribution in [-0.4, -0.2) is 25.7 Å². The van der Waals surface area contributed by atoms with E-state index in [-0.39, 0.29) is 0 Å². The summed E-state index contributed by atoms with van der Waals surface area (Å²) >= 11 is 0. The smallest absolute Gasteiger partial charge is 0.390 e. The van der Waals surface area contributed by atoms with Crippen molar-refractivity contribution >= 4 is 10.0 Å². The van der Waals surface area contributed by atoms with Crippen LogP contribution in [0.4, 0.5) is 22.0 Å². The normalized spacial score (nSPS) is 14.2. The highest BCUT2D eigenvalue weighted by molar-refractivity contribution is 7.89. The van der Waals surface area contributed by atoms with E-state index in [2.05, 4.69) is 0 Å². The number of halogens is 5. The molecule has 1 rings (SSSR count). The van der Waals surface area contributed by atoms with Gasteiger partial charge in [-0.15, -0.1) is 0 Å². The largest absolute Gasteiger partial charge is 0.391 e. The molecule has 0 heterocycles. The fourth-order valence-corrected chi connectivity index (χ4v) is 2.99. The van der Waals surface area contributed by atoms with Crippen LogP contribution in [0.3, 0.4) is 0 Å². The summed E-state index contributed by atoms with van der Waals surface area (Å²) in [6.07, 6.45) is -6.04. The van der Waals surface area contributed by atoms with Crippen LogP contribution in [0.15, 0.2) is 17.0 Å². The van der Waals surface area contributed by atoms with Crippen LogP contribution < -0.4 is 4.72 Å². The second-order valence-corrected chi connectivity index (χ2v) is 6.02. The zero-order valence-corrected chi connectivity index (χ0v) is 11.5. The zero-order chi connectivity index (χ0) is 16.4. The molecule has 1 unspecified atom stereocenters. The summed E-state index contributed by atoms with van der Waals surface area (Å²) in [4.78, 5) is -1.03. The molecule has 0 aliphatic heterocycles. The minimum absolute atomic E-state index is 0.576. The number of rotatable bonds is 5. The molecule has 0 radical (unpaired) electrons. The highest BCUT2D eigenvalue weighted by Gasteiger charge is 2.33. The van der Waals surface area contributed by atoms with Crippen molar-refractivity contribution in [1.29, 1.82) is 0 Å². The first-order chi connectivity index (χ1) is 9.48. The van der Waals surface area contributed by atoms with Crippen molar-refractivity contribution in [3.05, 3.63) is 29.3 Å². The Morgan fingerprint density at radius 1 is 1.29 bits per heavy atom. The molecule has 120 valence electrons. The zero-order valence-electron chi connectivity index (χ0n) is 10.7. The Morgan fingerprint density at radius 3 is 2.33 bits per heavy atom. The van der Waals surface area contributed by atoms with Crippen LogP contribution in [0.1, 0.15) is 18.9 Å². The molecule has 10 heteroatoms. The van der Waals surface area contributed by atoms with Crippen LogP contribution >= 0.6 is 0 Å². The Bertz CT molecular complexity index is 615. The van der Waals surface area contributed by atoms with Crippen molar-refractivity contribution in [1.82, 2.24) is 4.72 Å². The highest BCUT2D eigenvalue weighted by Crippen LogP contribution is 2.24. The van der Waals surface area contributed by atoms with E-state index in [1.165, 1.54) is 0 Å². The van der Waals surface area contributed by atoms with Gasteiger partial charge in [-0.1, -0.05) is 0 Å². The van der Waals surface area contributed by atoms with Gasteiger partial charge in [-0.3, -0.25) is 0 Å². The lowest BCUT2D eigenvalue weighted by atomic mass is 10.2. The van der Waals surface area contributed by atoms with Crippen molar-refractivity contribution < 1.29 is 35.5 Å². The molecule has 0 aliphatic carbocycles. The number of aliphatic hydroxyl groups is 1. The first-order valence-electron chi connectivity index (χ1n) is 5.64. The number of alkyl halides is 3. The first kappa shape index (κ1) is 17.8. The molecular weight excluding hydrogens is 321 g/mol. The SMILES string of the molecule is CC(CC(F)(F)F)NS(=O)(=O)c1ccc(F)c(CO)c1F. The minimum Gasteiger partial charge on any atom is -0.391 e. The summed E-state index contributed by atoms with van der Waals surface area (Å²) in [5, 5.41) is 8.78. The predicted molar refractivity (Wildman–Crippen MR) is 62.7 cm³/mol. The molecule has 1 aromatic rings. The van der Waals surface area contributed by atoms with Gasteiger partial charge in [-0.25, -0.2) is 21.9 Å². The van der Waals surface area contributed by atoms with E-state index in [0.717, 1.165) is 6.92 Å². The van der Waals surface area contributed by atoms with E-state index >= 15 is 0 Å². The number of aliphatic hydroxyl groups excluding tert-OH is 1. The lowest BCUT2D eigenvalue weighted by Crippen LogP contribution is -2.36. The maximum atomic E-state index is 13.8. The van der Waals surface area contributed by atoms with Crippen molar-refractivity contribution in [3.63, 3.8) is 0 Å². The fraction of sp³-hybridized carbons (Fsp3) is 0.455. The molecule has 0 fully saturated rings. The quantitative estimate of drug-likeness (QED) is 0.811. The molecule has 0 saturated carbocycles. The Morgan fingerprint density at radius 2 is 1.86 bits per heavy atom.